The first-order valence-corrected chi connectivity index (χ1v) is 7.17. The summed E-state index contributed by atoms with van der Waals surface area (Å²) in [6.07, 6.45) is 1.63. The van der Waals surface area contributed by atoms with Crippen molar-refractivity contribution in [1.82, 2.24) is 5.32 Å². The van der Waals surface area contributed by atoms with Gasteiger partial charge in [0.15, 0.2) is 0 Å². The fraction of sp³-hybridized carbons (Fsp3) is 0.625. The molecule has 3 nitrogen and oxygen atoms in total. The van der Waals surface area contributed by atoms with Gasteiger partial charge in [-0.3, -0.25) is 0 Å². The predicted molar refractivity (Wildman–Crippen MR) is 77.5 cm³/mol. The van der Waals surface area contributed by atoms with E-state index in [1.807, 2.05) is 33.0 Å². The van der Waals surface area contributed by atoms with E-state index in [2.05, 4.69) is 24.4 Å². The molecule has 1 N–H and O–H groups in total. The molecule has 1 aromatic rings. The van der Waals surface area contributed by atoms with Crippen molar-refractivity contribution in [2.24, 2.45) is 5.92 Å². The van der Waals surface area contributed by atoms with E-state index in [4.69, 9.17) is 9.47 Å². The Morgan fingerprint density at radius 3 is 2.42 bits per heavy atom. The predicted octanol–water partition coefficient (Wildman–Crippen LogP) is 3.16. The Labute approximate surface area is 116 Å². The zero-order valence-electron chi connectivity index (χ0n) is 12.3. The highest BCUT2D eigenvalue weighted by atomic mass is 16.5. The number of nitrogens with one attached hydrogen (secondary N) is 1. The second kappa shape index (κ2) is 6.40. The third-order valence-electron chi connectivity index (χ3n) is 3.69. The van der Waals surface area contributed by atoms with Crippen LogP contribution in [0.15, 0.2) is 24.3 Å². The monoisotopic (exact) mass is 263 g/mol. The summed E-state index contributed by atoms with van der Waals surface area (Å²) in [7, 11) is 2.00. The second-order valence-electron chi connectivity index (χ2n) is 5.60. The number of likely N-dealkylation sites (N-methyl/N-ethyl adjacent to an activating group) is 1. The highest BCUT2D eigenvalue weighted by Gasteiger charge is 2.32. The summed E-state index contributed by atoms with van der Waals surface area (Å²) < 4.78 is 11.6. The first kappa shape index (κ1) is 14.4. The Balaban J connectivity index is 2.10. The highest BCUT2D eigenvalue weighted by Crippen LogP contribution is 2.31. The normalized spacial score (nSPS) is 24.7. The van der Waals surface area contributed by atoms with Gasteiger partial charge in [-0.2, -0.15) is 0 Å². The number of hydrogen-bond donors (Lipinski definition) is 1. The van der Waals surface area contributed by atoms with Gasteiger partial charge in [0.05, 0.1) is 18.2 Å². The lowest BCUT2D eigenvalue weighted by Crippen LogP contribution is -2.32. The molecule has 1 saturated heterocycles. The van der Waals surface area contributed by atoms with Crippen LogP contribution in [0.3, 0.4) is 0 Å². The highest BCUT2D eigenvalue weighted by molar-refractivity contribution is 5.30. The van der Waals surface area contributed by atoms with Gasteiger partial charge in [0, 0.05) is 6.61 Å². The molecule has 19 heavy (non-hydrogen) atoms. The zero-order chi connectivity index (χ0) is 13.8. The van der Waals surface area contributed by atoms with Crippen LogP contribution in [0.4, 0.5) is 0 Å². The number of hydrogen-bond acceptors (Lipinski definition) is 3. The van der Waals surface area contributed by atoms with Gasteiger partial charge in [0.1, 0.15) is 5.75 Å². The van der Waals surface area contributed by atoms with Crippen LogP contribution in [0.1, 0.15) is 38.8 Å². The molecular formula is C16H25NO2. The van der Waals surface area contributed by atoms with Gasteiger partial charge in [-0.05, 0) is 50.9 Å². The second-order valence-corrected chi connectivity index (χ2v) is 5.60. The molecule has 1 aliphatic rings. The van der Waals surface area contributed by atoms with E-state index in [0.29, 0.717) is 5.92 Å². The van der Waals surface area contributed by atoms with Crippen LogP contribution in [0.5, 0.6) is 5.75 Å². The number of rotatable bonds is 5. The first-order valence-electron chi connectivity index (χ1n) is 7.17. The molecule has 3 heteroatoms. The van der Waals surface area contributed by atoms with Crippen LogP contribution in [-0.2, 0) is 4.74 Å². The maximum Gasteiger partial charge on any atom is 0.119 e. The lowest BCUT2D eigenvalue weighted by atomic mass is 9.92. The van der Waals surface area contributed by atoms with Crippen LogP contribution < -0.4 is 10.1 Å². The SMILES string of the molecule is CNC(c1ccc(OC(C)C)cc1)C1OCCC1C. The zero-order valence-corrected chi connectivity index (χ0v) is 12.3. The first-order chi connectivity index (χ1) is 9.11. The van der Waals surface area contributed by atoms with Crippen molar-refractivity contribution >= 4 is 0 Å². The van der Waals surface area contributed by atoms with Crippen LogP contribution >= 0.6 is 0 Å². The molecule has 0 saturated carbocycles. The molecule has 1 aromatic carbocycles. The third-order valence-corrected chi connectivity index (χ3v) is 3.69. The lowest BCUT2D eigenvalue weighted by molar-refractivity contribution is 0.0631. The van der Waals surface area contributed by atoms with E-state index in [-0.39, 0.29) is 18.2 Å². The molecule has 3 atom stereocenters. The lowest BCUT2D eigenvalue weighted by Gasteiger charge is -2.26. The molecule has 0 bridgehead atoms. The molecule has 3 unspecified atom stereocenters. The minimum atomic E-state index is 0.212. The van der Waals surface area contributed by atoms with E-state index in [1.54, 1.807) is 0 Å². The van der Waals surface area contributed by atoms with Gasteiger partial charge in [-0.1, -0.05) is 19.1 Å². The van der Waals surface area contributed by atoms with Crippen molar-refractivity contribution in [3.05, 3.63) is 29.8 Å². The van der Waals surface area contributed by atoms with Crippen LogP contribution in [0, 0.1) is 5.92 Å². The van der Waals surface area contributed by atoms with Crippen molar-refractivity contribution < 1.29 is 9.47 Å². The third kappa shape index (κ3) is 3.48. The molecule has 106 valence electrons. The number of ether oxygens (including phenoxy) is 2. The summed E-state index contributed by atoms with van der Waals surface area (Å²) in [4.78, 5) is 0. The van der Waals surface area contributed by atoms with Crippen molar-refractivity contribution in [3.8, 4) is 5.75 Å². The van der Waals surface area contributed by atoms with Gasteiger partial charge >= 0.3 is 0 Å². The Hall–Kier alpha value is -1.06. The smallest absolute Gasteiger partial charge is 0.119 e. The molecule has 2 rings (SSSR count). The van der Waals surface area contributed by atoms with E-state index in [9.17, 15) is 0 Å². The molecule has 1 fully saturated rings. The molecule has 0 aliphatic carbocycles. The maximum atomic E-state index is 5.87. The summed E-state index contributed by atoms with van der Waals surface area (Å²) in [6, 6.07) is 8.60. The Morgan fingerprint density at radius 2 is 1.95 bits per heavy atom. The average Bonchev–Trinajstić information content (AvgIpc) is 2.78. The van der Waals surface area contributed by atoms with E-state index in [0.717, 1.165) is 18.8 Å². The quantitative estimate of drug-likeness (QED) is 0.885. The minimum Gasteiger partial charge on any atom is -0.491 e. The van der Waals surface area contributed by atoms with Gasteiger partial charge in [0.25, 0.3) is 0 Å². The van der Waals surface area contributed by atoms with Gasteiger partial charge < -0.3 is 14.8 Å². The largest absolute Gasteiger partial charge is 0.491 e. The Bertz CT molecular complexity index is 388. The topological polar surface area (TPSA) is 30.5 Å². The van der Waals surface area contributed by atoms with Crippen LogP contribution in [0.25, 0.3) is 0 Å². The summed E-state index contributed by atoms with van der Waals surface area (Å²) in [5, 5.41) is 3.39. The Kier molecular flexibility index (Phi) is 4.83. The average molecular weight is 263 g/mol. The fourth-order valence-corrected chi connectivity index (χ4v) is 2.69. The molecule has 0 radical (unpaired) electrons. The maximum absolute atomic E-state index is 5.87. The number of benzene rings is 1. The van der Waals surface area contributed by atoms with Crippen molar-refractivity contribution in [1.29, 1.82) is 0 Å². The molecule has 0 aromatic heterocycles. The van der Waals surface area contributed by atoms with Gasteiger partial charge in [-0.25, -0.2) is 0 Å². The standard InChI is InChI=1S/C16H25NO2/c1-11(2)19-14-7-5-13(6-8-14)15(17-4)16-12(3)9-10-18-16/h5-8,11-12,15-17H,9-10H2,1-4H3. The summed E-state index contributed by atoms with van der Waals surface area (Å²) in [6.45, 7) is 7.22. The summed E-state index contributed by atoms with van der Waals surface area (Å²) in [5.41, 5.74) is 1.26. The molecule has 0 spiro atoms. The molecule has 1 aliphatic heterocycles. The van der Waals surface area contributed by atoms with Crippen molar-refractivity contribution in [3.63, 3.8) is 0 Å². The van der Waals surface area contributed by atoms with Crippen LogP contribution in [0.2, 0.25) is 0 Å². The molecule has 0 amide bonds. The van der Waals surface area contributed by atoms with E-state index >= 15 is 0 Å². The molecule has 1 heterocycles. The van der Waals surface area contributed by atoms with Gasteiger partial charge in [0.2, 0.25) is 0 Å². The molecular weight excluding hydrogens is 238 g/mol. The van der Waals surface area contributed by atoms with Crippen molar-refractivity contribution in [2.75, 3.05) is 13.7 Å². The van der Waals surface area contributed by atoms with E-state index < -0.39 is 0 Å². The Morgan fingerprint density at radius 1 is 1.26 bits per heavy atom. The van der Waals surface area contributed by atoms with E-state index in [1.165, 1.54) is 5.56 Å². The van der Waals surface area contributed by atoms with Gasteiger partial charge in [-0.15, -0.1) is 0 Å². The van der Waals surface area contributed by atoms with Crippen molar-refractivity contribution in [2.45, 2.75) is 45.4 Å². The minimum absolute atomic E-state index is 0.212. The fourth-order valence-electron chi connectivity index (χ4n) is 2.69. The van der Waals surface area contributed by atoms with Crippen LogP contribution in [-0.4, -0.2) is 25.9 Å². The summed E-state index contributed by atoms with van der Waals surface area (Å²) >= 11 is 0. The summed E-state index contributed by atoms with van der Waals surface area (Å²) in [5.74, 6) is 1.53.